The molecule has 0 amide bonds. The first-order chi connectivity index (χ1) is 12.4. The third kappa shape index (κ3) is 3.38. The van der Waals surface area contributed by atoms with Gasteiger partial charge in [-0.1, -0.05) is 48.5 Å². The van der Waals surface area contributed by atoms with E-state index in [0.717, 1.165) is 31.3 Å². The van der Waals surface area contributed by atoms with Crippen LogP contribution in [0.25, 0.3) is 0 Å². The van der Waals surface area contributed by atoms with Crippen LogP contribution >= 0.6 is 0 Å². The number of hydrogen-bond donors (Lipinski definition) is 0. The zero-order valence-electron chi connectivity index (χ0n) is 14.8. The second-order valence-corrected chi connectivity index (χ2v) is 7.61. The number of rotatable bonds is 3. The van der Waals surface area contributed by atoms with Gasteiger partial charge in [0.25, 0.3) is 0 Å². The van der Waals surface area contributed by atoms with Gasteiger partial charge in [-0.2, -0.15) is 13.2 Å². The molecular formula is C21H23F3N2. The Morgan fingerprint density at radius 3 is 2.46 bits per heavy atom. The van der Waals surface area contributed by atoms with E-state index in [1.807, 2.05) is 6.07 Å². The van der Waals surface area contributed by atoms with Crippen LogP contribution in [-0.2, 0) is 12.7 Å². The lowest BCUT2D eigenvalue weighted by Gasteiger charge is -2.27. The van der Waals surface area contributed by atoms with E-state index in [0.29, 0.717) is 24.4 Å². The first-order valence-corrected chi connectivity index (χ1v) is 9.05. The topological polar surface area (TPSA) is 6.48 Å². The molecule has 4 rings (SSSR count). The lowest BCUT2D eigenvalue weighted by Crippen LogP contribution is -2.29. The highest BCUT2D eigenvalue weighted by Gasteiger charge is 2.45. The molecule has 0 saturated carbocycles. The standard InChI is InChI=1S/C21H23F3N2/c1-25-12-17-13-26(11-15-6-5-9-18(10-15)21(22,23)24)14-19(17)20(25)16-7-3-2-4-8-16/h2-10,17,19-20H,11-14H2,1H3/t17-,19+,20-/m0/s1. The maximum absolute atomic E-state index is 12.9. The highest BCUT2D eigenvalue weighted by atomic mass is 19.4. The number of nitrogens with zero attached hydrogens (tertiary/aromatic N) is 2. The van der Waals surface area contributed by atoms with Crippen molar-refractivity contribution in [3.05, 3.63) is 71.3 Å². The largest absolute Gasteiger partial charge is 0.416 e. The molecule has 2 aromatic rings. The number of likely N-dealkylation sites (tertiary alicyclic amines) is 2. The minimum atomic E-state index is -4.28. The number of alkyl halides is 3. The monoisotopic (exact) mass is 360 g/mol. The molecule has 0 N–H and O–H groups in total. The van der Waals surface area contributed by atoms with Crippen molar-refractivity contribution >= 4 is 0 Å². The zero-order chi connectivity index (χ0) is 18.3. The van der Waals surface area contributed by atoms with Crippen molar-refractivity contribution < 1.29 is 13.2 Å². The van der Waals surface area contributed by atoms with Crippen LogP contribution in [0.1, 0.15) is 22.7 Å². The predicted molar refractivity (Wildman–Crippen MR) is 95.5 cm³/mol. The van der Waals surface area contributed by atoms with Crippen LogP contribution in [0.2, 0.25) is 0 Å². The van der Waals surface area contributed by atoms with E-state index in [2.05, 4.69) is 41.1 Å². The average molecular weight is 360 g/mol. The second kappa shape index (κ2) is 6.71. The lowest BCUT2D eigenvalue weighted by atomic mass is 9.90. The molecule has 26 heavy (non-hydrogen) atoms. The van der Waals surface area contributed by atoms with Crippen molar-refractivity contribution in [1.29, 1.82) is 0 Å². The molecule has 0 aromatic heterocycles. The van der Waals surface area contributed by atoms with Gasteiger partial charge in [0.15, 0.2) is 0 Å². The zero-order valence-corrected chi connectivity index (χ0v) is 14.8. The fourth-order valence-corrected chi connectivity index (χ4v) is 4.74. The smallest absolute Gasteiger partial charge is 0.299 e. The SMILES string of the molecule is CN1C[C@H]2CN(Cc3cccc(C(F)(F)F)c3)C[C@H]2[C@@H]1c1ccccc1. The molecule has 2 aliphatic rings. The van der Waals surface area contributed by atoms with Gasteiger partial charge in [-0.25, -0.2) is 0 Å². The number of hydrogen-bond acceptors (Lipinski definition) is 2. The summed E-state index contributed by atoms with van der Waals surface area (Å²) in [6, 6.07) is 16.7. The van der Waals surface area contributed by atoms with Gasteiger partial charge in [-0.05, 0) is 36.1 Å². The third-order valence-electron chi connectivity index (χ3n) is 5.77. The van der Waals surface area contributed by atoms with E-state index in [1.165, 1.54) is 17.7 Å². The van der Waals surface area contributed by atoms with Gasteiger partial charge in [0, 0.05) is 32.2 Å². The maximum atomic E-state index is 12.9. The Morgan fingerprint density at radius 1 is 0.962 bits per heavy atom. The molecule has 5 heteroatoms. The van der Waals surface area contributed by atoms with Crippen LogP contribution in [0.4, 0.5) is 13.2 Å². The molecule has 2 nitrogen and oxygen atoms in total. The fraction of sp³-hybridized carbons (Fsp3) is 0.429. The molecular weight excluding hydrogens is 337 g/mol. The molecule has 2 heterocycles. The molecule has 3 atom stereocenters. The molecule has 0 bridgehead atoms. The Labute approximate surface area is 152 Å². The molecule has 2 fully saturated rings. The first-order valence-electron chi connectivity index (χ1n) is 9.05. The molecule has 2 aliphatic heterocycles. The van der Waals surface area contributed by atoms with Crippen LogP contribution in [0, 0.1) is 11.8 Å². The quantitative estimate of drug-likeness (QED) is 0.798. The van der Waals surface area contributed by atoms with Crippen molar-refractivity contribution in [1.82, 2.24) is 9.80 Å². The summed E-state index contributed by atoms with van der Waals surface area (Å²) in [5, 5.41) is 0. The summed E-state index contributed by atoms with van der Waals surface area (Å²) in [5.41, 5.74) is 1.52. The summed E-state index contributed by atoms with van der Waals surface area (Å²) in [7, 11) is 2.17. The van der Waals surface area contributed by atoms with Crippen molar-refractivity contribution in [2.24, 2.45) is 11.8 Å². The fourth-order valence-electron chi connectivity index (χ4n) is 4.74. The number of benzene rings is 2. The first kappa shape index (κ1) is 17.6. The minimum absolute atomic E-state index is 0.396. The van der Waals surface area contributed by atoms with Crippen molar-refractivity contribution in [3.8, 4) is 0 Å². The van der Waals surface area contributed by atoms with Crippen LogP contribution in [0.3, 0.4) is 0 Å². The summed E-state index contributed by atoms with van der Waals surface area (Å²) in [6.07, 6.45) is -4.28. The Kier molecular flexibility index (Phi) is 4.53. The second-order valence-electron chi connectivity index (χ2n) is 7.61. The molecule has 0 spiro atoms. The summed E-state index contributed by atoms with van der Waals surface area (Å²) in [5.74, 6) is 1.12. The van der Waals surface area contributed by atoms with Crippen LogP contribution in [-0.4, -0.2) is 36.5 Å². The van der Waals surface area contributed by atoms with Gasteiger partial charge < -0.3 is 0 Å². The van der Waals surface area contributed by atoms with Crippen molar-refractivity contribution in [3.63, 3.8) is 0 Å². The van der Waals surface area contributed by atoms with Gasteiger partial charge >= 0.3 is 6.18 Å². The molecule has 0 unspecified atom stereocenters. The van der Waals surface area contributed by atoms with E-state index in [1.54, 1.807) is 6.07 Å². The minimum Gasteiger partial charge on any atom is -0.299 e. The summed E-state index contributed by atoms with van der Waals surface area (Å²) >= 11 is 0. The van der Waals surface area contributed by atoms with Gasteiger partial charge in [0.2, 0.25) is 0 Å². The molecule has 2 saturated heterocycles. The molecule has 2 aromatic carbocycles. The van der Waals surface area contributed by atoms with Crippen LogP contribution in [0.5, 0.6) is 0 Å². The van der Waals surface area contributed by atoms with E-state index in [9.17, 15) is 13.2 Å². The lowest BCUT2D eigenvalue weighted by molar-refractivity contribution is -0.137. The van der Waals surface area contributed by atoms with Gasteiger partial charge in [0.1, 0.15) is 0 Å². The molecule has 0 radical (unpaired) electrons. The normalized spacial score (nSPS) is 27.0. The summed E-state index contributed by atoms with van der Waals surface area (Å²) in [4.78, 5) is 4.74. The average Bonchev–Trinajstić information content (AvgIpc) is 3.10. The Bertz CT molecular complexity index is 759. The van der Waals surface area contributed by atoms with Crippen LogP contribution in [0.15, 0.2) is 54.6 Å². The highest BCUT2D eigenvalue weighted by Crippen LogP contribution is 2.44. The summed E-state index contributed by atoms with van der Waals surface area (Å²) in [6.45, 7) is 3.52. The maximum Gasteiger partial charge on any atom is 0.416 e. The Balaban J connectivity index is 1.48. The van der Waals surface area contributed by atoms with Gasteiger partial charge in [-0.3, -0.25) is 9.80 Å². The molecule has 138 valence electrons. The number of fused-ring (bicyclic) bond motifs is 1. The molecule has 0 aliphatic carbocycles. The summed E-state index contributed by atoms with van der Waals surface area (Å²) < 4.78 is 38.8. The van der Waals surface area contributed by atoms with Crippen LogP contribution < -0.4 is 0 Å². The van der Waals surface area contributed by atoms with Gasteiger partial charge in [0.05, 0.1) is 5.56 Å². The van der Waals surface area contributed by atoms with E-state index >= 15 is 0 Å². The number of halogens is 3. The predicted octanol–water partition coefficient (Wildman–Crippen LogP) is 4.44. The van der Waals surface area contributed by atoms with E-state index in [-0.39, 0.29) is 0 Å². The Hall–Kier alpha value is -1.85. The third-order valence-corrected chi connectivity index (χ3v) is 5.77. The van der Waals surface area contributed by atoms with Gasteiger partial charge in [-0.15, -0.1) is 0 Å². The van der Waals surface area contributed by atoms with E-state index in [4.69, 9.17) is 0 Å². The highest BCUT2D eigenvalue weighted by molar-refractivity contribution is 5.26. The Morgan fingerprint density at radius 2 is 1.73 bits per heavy atom. The van der Waals surface area contributed by atoms with E-state index < -0.39 is 11.7 Å². The van der Waals surface area contributed by atoms with Crippen molar-refractivity contribution in [2.75, 3.05) is 26.7 Å². The van der Waals surface area contributed by atoms with Crippen molar-refractivity contribution in [2.45, 2.75) is 18.8 Å².